The van der Waals surface area contributed by atoms with Crippen molar-refractivity contribution >= 4 is 23.3 Å². The van der Waals surface area contributed by atoms with Crippen LogP contribution in [-0.2, 0) is 4.79 Å². The van der Waals surface area contributed by atoms with Gasteiger partial charge in [-0.25, -0.2) is 4.79 Å². The Morgan fingerprint density at radius 3 is 2.16 bits per heavy atom. The summed E-state index contributed by atoms with van der Waals surface area (Å²) >= 11 is 0. The third-order valence-electron chi connectivity index (χ3n) is 3.50. The second-order valence-corrected chi connectivity index (χ2v) is 6.30. The number of rotatable bonds is 6. The predicted molar refractivity (Wildman–Crippen MR) is 99.3 cm³/mol. The summed E-state index contributed by atoms with van der Waals surface area (Å²) in [5, 5.41) is 8.43. The molecule has 0 saturated heterocycles. The van der Waals surface area contributed by atoms with Crippen molar-refractivity contribution in [1.82, 2.24) is 10.3 Å². The van der Waals surface area contributed by atoms with Crippen LogP contribution in [0.25, 0.3) is 0 Å². The number of nitrogens with zero attached hydrogens (tertiary/aromatic N) is 1. The lowest BCUT2D eigenvalue weighted by atomic mass is 10.1. The quantitative estimate of drug-likeness (QED) is 0.744. The monoisotopic (exact) mass is 340 g/mol. The molecule has 0 radical (unpaired) electrons. The lowest BCUT2D eigenvalue weighted by Crippen LogP contribution is -2.31. The summed E-state index contributed by atoms with van der Waals surface area (Å²) in [7, 11) is 0. The molecule has 0 unspecified atom stereocenters. The van der Waals surface area contributed by atoms with Gasteiger partial charge >= 0.3 is 6.03 Å². The highest BCUT2D eigenvalue weighted by atomic mass is 16.2. The number of urea groups is 1. The van der Waals surface area contributed by atoms with Crippen molar-refractivity contribution in [3.05, 3.63) is 54.4 Å². The van der Waals surface area contributed by atoms with E-state index in [9.17, 15) is 9.59 Å². The van der Waals surface area contributed by atoms with Crippen LogP contribution in [-0.4, -0.2) is 16.9 Å². The number of nitrogens with one attached hydrogen (secondary N) is 3. The Morgan fingerprint density at radius 1 is 0.960 bits per heavy atom. The van der Waals surface area contributed by atoms with Crippen LogP contribution >= 0.6 is 0 Å². The second kappa shape index (κ2) is 8.82. The van der Waals surface area contributed by atoms with E-state index in [0.29, 0.717) is 23.7 Å². The molecule has 1 aromatic carbocycles. The third kappa shape index (κ3) is 6.25. The van der Waals surface area contributed by atoms with Gasteiger partial charge in [-0.15, -0.1) is 0 Å². The molecule has 0 saturated carbocycles. The van der Waals surface area contributed by atoms with Gasteiger partial charge in [-0.1, -0.05) is 19.9 Å². The highest BCUT2D eigenvalue weighted by Crippen LogP contribution is 2.15. The van der Waals surface area contributed by atoms with Gasteiger partial charge in [-0.3, -0.25) is 9.78 Å². The van der Waals surface area contributed by atoms with Gasteiger partial charge < -0.3 is 16.0 Å². The zero-order valence-electron chi connectivity index (χ0n) is 14.7. The molecular formula is C19H24N4O2. The highest BCUT2D eigenvalue weighted by molar-refractivity contribution is 5.92. The first kappa shape index (κ1) is 18.4. The van der Waals surface area contributed by atoms with E-state index < -0.39 is 0 Å². The van der Waals surface area contributed by atoms with E-state index in [1.165, 1.54) is 0 Å². The van der Waals surface area contributed by atoms with Crippen LogP contribution in [0, 0.1) is 5.92 Å². The van der Waals surface area contributed by atoms with Crippen molar-refractivity contribution in [1.29, 1.82) is 0 Å². The first-order chi connectivity index (χ1) is 11.9. The van der Waals surface area contributed by atoms with Crippen LogP contribution in [0.5, 0.6) is 0 Å². The Labute approximate surface area is 148 Å². The maximum atomic E-state index is 12.1. The summed E-state index contributed by atoms with van der Waals surface area (Å²) in [6.45, 7) is 5.86. The Kier molecular flexibility index (Phi) is 6.51. The molecule has 0 fully saturated rings. The van der Waals surface area contributed by atoms with E-state index in [1.54, 1.807) is 30.5 Å². The number of aromatic nitrogens is 1. The smallest absolute Gasteiger partial charge is 0.319 e. The summed E-state index contributed by atoms with van der Waals surface area (Å²) in [6, 6.07) is 12.1. The zero-order valence-corrected chi connectivity index (χ0v) is 14.7. The average molecular weight is 340 g/mol. The van der Waals surface area contributed by atoms with Gasteiger partial charge in [0.25, 0.3) is 0 Å². The van der Waals surface area contributed by atoms with Gasteiger partial charge in [0.1, 0.15) is 0 Å². The van der Waals surface area contributed by atoms with Crippen LogP contribution in [0.15, 0.2) is 48.7 Å². The number of carbonyl (C=O) groups excluding carboxylic acids is 2. The van der Waals surface area contributed by atoms with Crippen molar-refractivity contribution < 1.29 is 9.59 Å². The number of pyridine rings is 1. The maximum Gasteiger partial charge on any atom is 0.319 e. The van der Waals surface area contributed by atoms with Crippen molar-refractivity contribution in [2.45, 2.75) is 33.2 Å². The Hall–Kier alpha value is -2.89. The molecule has 1 aromatic heterocycles. The zero-order chi connectivity index (χ0) is 18.2. The lowest BCUT2D eigenvalue weighted by Gasteiger charge is -2.14. The minimum atomic E-state index is -0.310. The second-order valence-electron chi connectivity index (χ2n) is 6.30. The van der Waals surface area contributed by atoms with Crippen molar-refractivity contribution in [3.63, 3.8) is 0 Å². The van der Waals surface area contributed by atoms with E-state index in [4.69, 9.17) is 0 Å². The molecule has 3 N–H and O–H groups in total. The molecule has 0 aliphatic rings. The summed E-state index contributed by atoms with van der Waals surface area (Å²) in [5.74, 6) is 0.295. The van der Waals surface area contributed by atoms with E-state index in [0.717, 1.165) is 5.69 Å². The van der Waals surface area contributed by atoms with Crippen molar-refractivity contribution in [2.75, 3.05) is 10.6 Å². The van der Waals surface area contributed by atoms with Crippen LogP contribution < -0.4 is 16.0 Å². The molecule has 25 heavy (non-hydrogen) atoms. The summed E-state index contributed by atoms with van der Waals surface area (Å²) in [6.07, 6.45) is 2.17. The van der Waals surface area contributed by atoms with Gasteiger partial charge in [-0.2, -0.15) is 0 Å². The number of benzene rings is 1. The Morgan fingerprint density at radius 2 is 1.60 bits per heavy atom. The minimum Gasteiger partial charge on any atom is -0.330 e. The number of hydrogen-bond acceptors (Lipinski definition) is 3. The van der Waals surface area contributed by atoms with Crippen LogP contribution in [0.3, 0.4) is 0 Å². The normalized spacial score (nSPS) is 11.7. The Bertz CT molecular complexity index is 699. The van der Waals surface area contributed by atoms with Gasteiger partial charge in [0.2, 0.25) is 5.91 Å². The van der Waals surface area contributed by atoms with Crippen LogP contribution in [0.4, 0.5) is 16.2 Å². The molecule has 0 spiro atoms. The molecule has 0 bridgehead atoms. The number of carbonyl (C=O) groups is 2. The first-order valence-electron chi connectivity index (χ1n) is 8.32. The minimum absolute atomic E-state index is 0.0161. The molecule has 0 aliphatic heterocycles. The van der Waals surface area contributed by atoms with E-state index in [1.807, 2.05) is 39.0 Å². The first-order valence-corrected chi connectivity index (χ1v) is 8.32. The van der Waals surface area contributed by atoms with Gasteiger partial charge in [0, 0.05) is 24.0 Å². The molecule has 2 aromatic rings. The molecule has 6 heteroatoms. The van der Waals surface area contributed by atoms with Gasteiger partial charge in [0.05, 0.1) is 11.7 Å². The SMILES string of the molecule is CC(C)CC(=O)Nc1ccc(NC(=O)N[C@@H](C)c2ccccn2)cc1. The fraction of sp³-hybridized carbons (Fsp3) is 0.316. The predicted octanol–water partition coefficient (Wildman–Crippen LogP) is 3.95. The van der Waals surface area contributed by atoms with Crippen LogP contribution in [0.2, 0.25) is 0 Å². The molecule has 3 amide bonds. The van der Waals surface area contributed by atoms with Gasteiger partial charge in [-0.05, 0) is 49.2 Å². The maximum absolute atomic E-state index is 12.1. The van der Waals surface area contributed by atoms with E-state index in [2.05, 4.69) is 20.9 Å². The van der Waals surface area contributed by atoms with Crippen molar-refractivity contribution in [3.8, 4) is 0 Å². The van der Waals surface area contributed by atoms with Crippen molar-refractivity contribution in [2.24, 2.45) is 5.92 Å². The fourth-order valence-electron chi connectivity index (χ4n) is 2.29. The molecule has 132 valence electrons. The van der Waals surface area contributed by atoms with E-state index >= 15 is 0 Å². The molecule has 1 atom stereocenters. The number of amides is 3. The van der Waals surface area contributed by atoms with Gasteiger partial charge in [0.15, 0.2) is 0 Å². The highest BCUT2D eigenvalue weighted by Gasteiger charge is 2.10. The summed E-state index contributed by atoms with van der Waals surface area (Å²) in [5.41, 5.74) is 2.15. The average Bonchev–Trinajstić information content (AvgIpc) is 2.56. The molecule has 2 rings (SSSR count). The molecule has 0 aliphatic carbocycles. The summed E-state index contributed by atoms with van der Waals surface area (Å²) in [4.78, 5) is 28.0. The standard InChI is InChI=1S/C19H24N4O2/c1-13(2)12-18(24)22-15-7-9-16(10-8-15)23-19(25)21-14(3)17-6-4-5-11-20-17/h4-11,13-14H,12H2,1-3H3,(H,22,24)(H2,21,23,25)/t14-/m0/s1. The number of anilines is 2. The Balaban J connectivity index is 1.86. The van der Waals surface area contributed by atoms with Crippen LogP contribution in [0.1, 0.15) is 38.9 Å². The van der Waals surface area contributed by atoms with E-state index in [-0.39, 0.29) is 18.0 Å². The topological polar surface area (TPSA) is 83.1 Å². The largest absolute Gasteiger partial charge is 0.330 e. The molecular weight excluding hydrogens is 316 g/mol. The molecule has 6 nitrogen and oxygen atoms in total. The number of hydrogen-bond donors (Lipinski definition) is 3. The fourth-order valence-corrected chi connectivity index (χ4v) is 2.29. The molecule has 1 heterocycles. The lowest BCUT2D eigenvalue weighted by molar-refractivity contribution is -0.116. The third-order valence-corrected chi connectivity index (χ3v) is 3.50. The summed E-state index contributed by atoms with van der Waals surface area (Å²) < 4.78 is 0.